The zero-order chi connectivity index (χ0) is 28.9. The molecule has 1 amide bonds. The first kappa shape index (κ1) is 29.7. The molecule has 1 aliphatic carbocycles. The SMILES string of the molecule is Cc1ccc(CC(=O)NC2CCC(CN(Cc3ccc(F)cc3)S(=O)(=O)c3ccccc3C(F)(F)F)CC2)cc1. The van der Waals surface area contributed by atoms with Crippen LogP contribution in [0.15, 0.2) is 77.7 Å². The molecule has 0 heterocycles. The summed E-state index contributed by atoms with van der Waals surface area (Å²) in [5, 5.41) is 3.05. The van der Waals surface area contributed by atoms with Crippen LogP contribution >= 0.6 is 0 Å². The Morgan fingerprint density at radius 3 is 2.12 bits per heavy atom. The van der Waals surface area contributed by atoms with Gasteiger partial charge in [-0.2, -0.15) is 17.5 Å². The van der Waals surface area contributed by atoms with E-state index in [1.807, 2.05) is 31.2 Å². The highest BCUT2D eigenvalue weighted by molar-refractivity contribution is 7.89. The molecule has 0 bridgehead atoms. The quantitative estimate of drug-likeness (QED) is 0.306. The monoisotopic (exact) mass is 576 g/mol. The summed E-state index contributed by atoms with van der Waals surface area (Å²) in [4.78, 5) is 11.7. The van der Waals surface area contributed by atoms with E-state index < -0.39 is 32.5 Å². The van der Waals surface area contributed by atoms with Crippen LogP contribution < -0.4 is 5.32 Å². The fourth-order valence-corrected chi connectivity index (χ4v) is 6.77. The molecule has 0 unspecified atom stereocenters. The summed E-state index contributed by atoms with van der Waals surface area (Å²) in [5.41, 5.74) is 1.27. The Morgan fingerprint density at radius 1 is 0.900 bits per heavy atom. The summed E-state index contributed by atoms with van der Waals surface area (Å²) < 4.78 is 83.0. The van der Waals surface area contributed by atoms with Crippen LogP contribution in [0.3, 0.4) is 0 Å². The van der Waals surface area contributed by atoms with Crippen molar-refractivity contribution in [3.8, 4) is 0 Å². The van der Waals surface area contributed by atoms with Crippen LogP contribution in [-0.2, 0) is 34.0 Å². The lowest BCUT2D eigenvalue weighted by atomic mass is 9.86. The number of aryl methyl sites for hydroxylation is 1. The Kier molecular flexibility index (Phi) is 9.30. The minimum atomic E-state index is -4.85. The van der Waals surface area contributed by atoms with E-state index >= 15 is 0 Å². The maximum Gasteiger partial charge on any atom is 0.417 e. The summed E-state index contributed by atoms with van der Waals surface area (Å²) in [7, 11) is -4.54. The molecule has 10 heteroatoms. The van der Waals surface area contributed by atoms with Crippen molar-refractivity contribution in [3.05, 3.63) is 101 Å². The number of nitrogens with zero attached hydrogens (tertiary/aromatic N) is 1. The van der Waals surface area contributed by atoms with Crippen molar-refractivity contribution in [2.45, 2.75) is 62.7 Å². The van der Waals surface area contributed by atoms with Gasteiger partial charge < -0.3 is 5.32 Å². The van der Waals surface area contributed by atoms with E-state index in [0.717, 1.165) is 33.6 Å². The van der Waals surface area contributed by atoms with Gasteiger partial charge in [0.1, 0.15) is 5.82 Å². The van der Waals surface area contributed by atoms with Gasteiger partial charge in [-0.1, -0.05) is 54.1 Å². The largest absolute Gasteiger partial charge is 0.417 e. The van der Waals surface area contributed by atoms with Gasteiger partial charge in [-0.05, 0) is 73.9 Å². The first-order valence-electron chi connectivity index (χ1n) is 13.2. The first-order valence-corrected chi connectivity index (χ1v) is 14.6. The molecule has 214 valence electrons. The fourth-order valence-electron chi connectivity index (χ4n) is 5.05. The van der Waals surface area contributed by atoms with Crippen LogP contribution in [-0.4, -0.2) is 31.2 Å². The molecule has 0 radical (unpaired) electrons. The standard InChI is InChI=1S/C30H32F4N2O3S/c1-21-6-8-22(9-7-21)18-29(37)35-26-16-12-24(13-17-26)20-36(19-23-10-14-25(31)15-11-23)40(38,39)28-5-3-2-4-27(28)30(32,33)34/h2-11,14-15,24,26H,12-13,16-20H2,1H3,(H,35,37). The second-order valence-electron chi connectivity index (χ2n) is 10.4. The Balaban J connectivity index is 1.46. The Labute approximate surface area is 232 Å². The topological polar surface area (TPSA) is 66.5 Å². The number of carbonyl (C=O) groups is 1. The van der Waals surface area contributed by atoms with Crippen LogP contribution in [0.5, 0.6) is 0 Å². The van der Waals surface area contributed by atoms with Gasteiger partial charge in [0.15, 0.2) is 0 Å². The van der Waals surface area contributed by atoms with Crippen molar-refractivity contribution >= 4 is 15.9 Å². The Morgan fingerprint density at radius 2 is 1.50 bits per heavy atom. The van der Waals surface area contributed by atoms with Gasteiger partial charge in [-0.25, -0.2) is 12.8 Å². The van der Waals surface area contributed by atoms with Crippen LogP contribution in [0, 0.1) is 18.7 Å². The molecule has 0 atom stereocenters. The van der Waals surface area contributed by atoms with Crippen molar-refractivity contribution < 1.29 is 30.8 Å². The van der Waals surface area contributed by atoms with Gasteiger partial charge in [-0.3, -0.25) is 4.79 Å². The minimum absolute atomic E-state index is 0.00986. The Hall–Kier alpha value is -3.24. The molecule has 3 aromatic rings. The molecular formula is C30H32F4N2O3S. The zero-order valence-electron chi connectivity index (χ0n) is 22.1. The van der Waals surface area contributed by atoms with Gasteiger partial charge in [0, 0.05) is 19.1 Å². The van der Waals surface area contributed by atoms with E-state index in [1.165, 1.54) is 30.3 Å². The van der Waals surface area contributed by atoms with E-state index in [-0.39, 0.29) is 37.4 Å². The van der Waals surface area contributed by atoms with Crippen LogP contribution in [0.2, 0.25) is 0 Å². The molecule has 4 rings (SSSR count). The fraction of sp³-hybridized carbons (Fsp3) is 0.367. The number of nitrogens with one attached hydrogen (secondary N) is 1. The van der Waals surface area contributed by atoms with Crippen LogP contribution in [0.25, 0.3) is 0 Å². The summed E-state index contributed by atoms with van der Waals surface area (Å²) in [6, 6.07) is 17.1. The maximum absolute atomic E-state index is 13.7. The van der Waals surface area contributed by atoms with Crippen LogP contribution in [0.4, 0.5) is 17.6 Å². The number of halogens is 4. The van der Waals surface area contributed by atoms with Crippen molar-refractivity contribution in [1.82, 2.24) is 9.62 Å². The number of benzene rings is 3. The number of alkyl halides is 3. The molecule has 40 heavy (non-hydrogen) atoms. The van der Waals surface area contributed by atoms with E-state index in [2.05, 4.69) is 5.32 Å². The lowest BCUT2D eigenvalue weighted by molar-refractivity contribution is -0.140. The molecule has 0 spiro atoms. The normalized spacial score (nSPS) is 18.1. The van der Waals surface area contributed by atoms with Gasteiger partial charge in [0.25, 0.3) is 0 Å². The molecule has 0 saturated heterocycles. The molecule has 1 N–H and O–H groups in total. The number of sulfonamides is 1. The summed E-state index contributed by atoms with van der Waals surface area (Å²) in [5.74, 6) is -0.696. The smallest absolute Gasteiger partial charge is 0.353 e. The second-order valence-corrected chi connectivity index (χ2v) is 12.3. The highest BCUT2D eigenvalue weighted by Crippen LogP contribution is 2.36. The first-order chi connectivity index (χ1) is 18.9. The van der Waals surface area contributed by atoms with Crippen molar-refractivity contribution in [1.29, 1.82) is 0 Å². The lowest BCUT2D eigenvalue weighted by Gasteiger charge is -2.33. The molecular weight excluding hydrogens is 544 g/mol. The highest BCUT2D eigenvalue weighted by atomic mass is 32.2. The van der Waals surface area contributed by atoms with E-state index in [0.29, 0.717) is 31.2 Å². The lowest BCUT2D eigenvalue weighted by Crippen LogP contribution is -2.41. The van der Waals surface area contributed by atoms with E-state index in [1.54, 1.807) is 0 Å². The van der Waals surface area contributed by atoms with Gasteiger partial charge in [0.05, 0.1) is 16.9 Å². The molecule has 1 aliphatic rings. The number of amides is 1. The predicted octanol–water partition coefficient (Wildman–Crippen LogP) is 6.26. The number of hydrogen-bond donors (Lipinski definition) is 1. The molecule has 0 aromatic heterocycles. The number of hydrogen-bond acceptors (Lipinski definition) is 3. The molecule has 1 saturated carbocycles. The average Bonchev–Trinajstić information content (AvgIpc) is 2.91. The Bertz CT molecular complexity index is 1400. The molecule has 0 aliphatic heterocycles. The number of rotatable bonds is 9. The molecule has 3 aromatic carbocycles. The maximum atomic E-state index is 13.7. The predicted molar refractivity (Wildman–Crippen MR) is 144 cm³/mol. The van der Waals surface area contributed by atoms with E-state index in [4.69, 9.17) is 0 Å². The number of carbonyl (C=O) groups excluding carboxylic acids is 1. The molecule has 1 fully saturated rings. The third kappa shape index (κ3) is 7.69. The van der Waals surface area contributed by atoms with E-state index in [9.17, 15) is 30.8 Å². The third-order valence-corrected chi connectivity index (χ3v) is 9.11. The average molecular weight is 577 g/mol. The molecule has 5 nitrogen and oxygen atoms in total. The summed E-state index contributed by atoms with van der Waals surface area (Å²) in [6.07, 6.45) is -2.11. The van der Waals surface area contributed by atoms with Gasteiger partial charge in [0.2, 0.25) is 15.9 Å². The highest BCUT2D eigenvalue weighted by Gasteiger charge is 2.39. The van der Waals surface area contributed by atoms with Crippen LogP contribution in [0.1, 0.15) is 47.9 Å². The van der Waals surface area contributed by atoms with Crippen molar-refractivity contribution in [2.24, 2.45) is 5.92 Å². The summed E-state index contributed by atoms with van der Waals surface area (Å²) >= 11 is 0. The third-order valence-electron chi connectivity index (χ3n) is 7.24. The van der Waals surface area contributed by atoms with Gasteiger partial charge in [-0.15, -0.1) is 0 Å². The van der Waals surface area contributed by atoms with Crippen molar-refractivity contribution in [2.75, 3.05) is 6.54 Å². The second kappa shape index (κ2) is 12.5. The summed E-state index contributed by atoms with van der Waals surface area (Å²) in [6.45, 7) is 1.79. The zero-order valence-corrected chi connectivity index (χ0v) is 22.9. The van der Waals surface area contributed by atoms with Crippen molar-refractivity contribution in [3.63, 3.8) is 0 Å². The minimum Gasteiger partial charge on any atom is -0.353 e. The van der Waals surface area contributed by atoms with Gasteiger partial charge >= 0.3 is 6.18 Å².